The first-order valence-electron chi connectivity index (χ1n) is 7.22. The molecular formula is C17H17ClN2O4. The summed E-state index contributed by atoms with van der Waals surface area (Å²) in [6, 6.07) is 13.0. The van der Waals surface area contributed by atoms with E-state index in [4.69, 9.17) is 11.6 Å². The highest BCUT2D eigenvalue weighted by Gasteiger charge is 2.29. The van der Waals surface area contributed by atoms with Crippen molar-refractivity contribution in [1.29, 1.82) is 0 Å². The zero-order valence-corrected chi connectivity index (χ0v) is 13.4. The smallest absolute Gasteiger partial charge is 0.329 e. The molecule has 2 amide bonds. The number of aliphatic carboxylic acids is 1. The Bertz CT molecular complexity index is 691. The summed E-state index contributed by atoms with van der Waals surface area (Å²) in [4.78, 5) is 23.3. The van der Waals surface area contributed by atoms with Crippen LogP contribution in [-0.2, 0) is 11.3 Å². The van der Waals surface area contributed by atoms with Crippen molar-refractivity contribution in [3.8, 4) is 0 Å². The van der Waals surface area contributed by atoms with Crippen LogP contribution in [0.25, 0.3) is 0 Å². The maximum absolute atomic E-state index is 11.9. The number of rotatable bonds is 6. The van der Waals surface area contributed by atoms with Gasteiger partial charge in [-0.15, -0.1) is 0 Å². The summed E-state index contributed by atoms with van der Waals surface area (Å²) in [7, 11) is 0. The number of nitrogens with one attached hydrogen (secondary N) is 2. The van der Waals surface area contributed by atoms with E-state index in [1.807, 2.05) is 0 Å². The van der Waals surface area contributed by atoms with Crippen molar-refractivity contribution >= 4 is 23.6 Å². The average molecular weight is 349 g/mol. The van der Waals surface area contributed by atoms with Gasteiger partial charge in [0.2, 0.25) is 0 Å². The highest BCUT2D eigenvalue weighted by Crippen LogP contribution is 2.16. The predicted molar refractivity (Wildman–Crippen MR) is 89.6 cm³/mol. The lowest BCUT2D eigenvalue weighted by atomic mass is 10.0. The molecule has 0 aliphatic rings. The second kappa shape index (κ2) is 8.33. The van der Waals surface area contributed by atoms with E-state index in [0.717, 1.165) is 5.56 Å². The molecule has 6 nitrogen and oxygen atoms in total. The Hall–Kier alpha value is -2.57. The Morgan fingerprint density at radius 3 is 2.25 bits per heavy atom. The molecule has 0 radical (unpaired) electrons. The van der Waals surface area contributed by atoms with Crippen LogP contribution in [0.1, 0.15) is 17.2 Å². The lowest BCUT2D eigenvalue weighted by Crippen LogP contribution is -2.48. The predicted octanol–water partition coefficient (Wildman–Crippen LogP) is 2.33. The fourth-order valence-corrected chi connectivity index (χ4v) is 2.22. The summed E-state index contributed by atoms with van der Waals surface area (Å²) in [5.74, 6) is -1.33. The zero-order valence-electron chi connectivity index (χ0n) is 12.6. The number of benzene rings is 2. The van der Waals surface area contributed by atoms with Crippen molar-refractivity contribution in [1.82, 2.24) is 10.6 Å². The Kier molecular flexibility index (Phi) is 6.17. The minimum atomic E-state index is -1.46. The van der Waals surface area contributed by atoms with Gasteiger partial charge in [0.1, 0.15) is 6.10 Å². The van der Waals surface area contributed by atoms with Crippen LogP contribution in [0.3, 0.4) is 0 Å². The topological polar surface area (TPSA) is 98.7 Å². The number of carboxylic acid groups (broad SMARTS) is 1. The molecular weight excluding hydrogens is 332 g/mol. The van der Waals surface area contributed by atoms with Gasteiger partial charge >= 0.3 is 12.0 Å². The van der Waals surface area contributed by atoms with E-state index in [1.54, 1.807) is 54.6 Å². The molecule has 7 heteroatoms. The molecule has 2 aromatic carbocycles. The van der Waals surface area contributed by atoms with Gasteiger partial charge in [0.15, 0.2) is 6.04 Å². The highest BCUT2D eigenvalue weighted by molar-refractivity contribution is 6.30. The van der Waals surface area contributed by atoms with Crippen molar-refractivity contribution in [2.45, 2.75) is 18.7 Å². The van der Waals surface area contributed by atoms with Gasteiger partial charge in [0.05, 0.1) is 0 Å². The standard InChI is InChI=1S/C17H17ClN2O4/c18-13-8-6-11(7-9-13)10-19-17(24)20-14(16(22)23)15(21)12-4-2-1-3-5-12/h1-9,14-15,21H,10H2,(H,22,23)(H2,19,20,24). The van der Waals surface area contributed by atoms with E-state index in [1.165, 1.54) is 0 Å². The van der Waals surface area contributed by atoms with Crippen LogP contribution in [0.15, 0.2) is 54.6 Å². The summed E-state index contributed by atoms with van der Waals surface area (Å²) in [6.07, 6.45) is -1.36. The minimum absolute atomic E-state index is 0.205. The first kappa shape index (κ1) is 17.8. The molecule has 2 unspecified atom stereocenters. The van der Waals surface area contributed by atoms with Crippen molar-refractivity contribution < 1.29 is 19.8 Å². The van der Waals surface area contributed by atoms with Crippen LogP contribution < -0.4 is 10.6 Å². The quantitative estimate of drug-likeness (QED) is 0.644. The molecule has 0 saturated carbocycles. The van der Waals surface area contributed by atoms with E-state index in [9.17, 15) is 19.8 Å². The Morgan fingerprint density at radius 2 is 1.67 bits per heavy atom. The number of urea groups is 1. The Balaban J connectivity index is 1.96. The normalized spacial score (nSPS) is 12.9. The lowest BCUT2D eigenvalue weighted by Gasteiger charge is -2.21. The summed E-state index contributed by atoms with van der Waals surface area (Å²) in [5, 5.41) is 24.8. The number of aliphatic hydroxyl groups is 1. The number of hydrogen-bond donors (Lipinski definition) is 4. The fraction of sp³-hybridized carbons (Fsp3) is 0.176. The van der Waals surface area contributed by atoms with E-state index in [-0.39, 0.29) is 6.54 Å². The summed E-state index contributed by atoms with van der Waals surface area (Å²) < 4.78 is 0. The van der Waals surface area contributed by atoms with Crippen LogP contribution in [-0.4, -0.2) is 28.3 Å². The first-order valence-corrected chi connectivity index (χ1v) is 7.60. The third-order valence-corrected chi connectivity index (χ3v) is 3.63. The third-order valence-electron chi connectivity index (χ3n) is 3.38. The maximum atomic E-state index is 11.9. The average Bonchev–Trinajstić information content (AvgIpc) is 2.59. The molecule has 0 saturated heterocycles. The Labute approximate surface area is 144 Å². The number of hydrogen-bond acceptors (Lipinski definition) is 3. The second-order valence-corrected chi connectivity index (χ2v) is 5.56. The summed E-state index contributed by atoms with van der Waals surface area (Å²) in [6.45, 7) is 0.205. The molecule has 4 N–H and O–H groups in total. The monoisotopic (exact) mass is 348 g/mol. The zero-order chi connectivity index (χ0) is 17.5. The van der Waals surface area contributed by atoms with Gasteiger partial charge in [0, 0.05) is 11.6 Å². The van der Waals surface area contributed by atoms with Crippen LogP contribution >= 0.6 is 11.6 Å². The Morgan fingerprint density at radius 1 is 1.04 bits per heavy atom. The molecule has 0 heterocycles. The number of carbonyl (C=O) groups excluding carboxylic acids is 1. The van der Waals surface area contributed by atoms with Crippen molar-refractivity contribution in [3.63, 3.8) is 0 Å². The van der Waals surface area contributed by atoms with Crippen molar-refractivity contribution in [2.75, 3.05) is 0 Å². The van der Waals surface area contributed by atoms with E-state index in [0.29, 0.717) is 10.6 Å². The minimum Gasteiger partial charge on any atom is -0.480 e. The fourth-order valence-electron chi connectivity index (χ4n) is 2.10. The number of halogens is 1. The summed E-state index contributed by atoms with van der Waals surface area (Å²) >= 11 is 5.78. The molecule has 0 fully saturated rings. The van der Waals surface area contributed by atoms with E-state index in [2.05, 4.69) is 10.6 Å². The molecule has 0 aliphatic carbocycles. The molecule has 126 valence electrons. The summed E-state index contributed by atoms with van der Waals surface area (Å²) in [5.41, 5.74) is 1.22. The lowest BCUT2D eigenvalue weighted by molar-refractivity contribution is -0.142. The van der Waals surface area contributed by atoms with Gasteiger partial charge in [-0.3, -0.25) is 0 Å². The highest BCUT2D eigenvalue weighted by atomic mass is 35.5. The molecule has 24 heavy (non-hydrogen) atoms. The molecule has 0 aromatic heterocycles. The molecule has 2 atom stereocenters. The van der Waals surface area contributed by atoms with Gasteiger partial charge in [0.25, 0.3) is 0 Å². The van der Waals surface area contributed by atoms with Gasteiger partial charge in [-0.05, 0) is 23.3 Å². The van der Waals surface area contributed by atoms with Crippen LogP contribution in [0, 0.1) is 0 Å². The number of carbonyl (C=O) groups is 2. The molecule has 0 aliphatic heterocycles. The SMILES string of the molecule is O=C(NCc1ccc(Cl)cc1)NC(C(=O)O)C(O)c1ccccc1. The molecule has 0 spiro atoms. The van der Waals surface area contributed by atoms with Gasteiger partial charge in [-0.2, -0.15) is 0 Å². The van der Waals surface area contributed by atoms with Gasteiger partial charge in [-0.25, -0.2) is 9.59 Å². The number of amides is 2. The van der Waals surface area contributed by atoms with Crippen LogP contribution in [0.4, 0.5) is 4.79 Å². The molecule has 2 aromatic rings. The number of carboxylic acids is 1. The van der Waals surface area contributed by atoms with E-state index < -0.39 is 24.1 Å². The third kappa shape index (κ3) is 4.97. The number of aliphatic hydroxyl groups excluding tert-OH is 1. The van der Waals surface area contributed by atoms with Crippen molar-refractivity contribution in [3.05, 3.63) is 70.7 Å². The molecule has 0 bridgehead atoms. The second-order valence-electron chi connectivity index (χ2n) is 5.12. The van der Waals surface area contributed by atoms with Gasteiger partial charge < -0.3 is 20.8 Å². The van der Waals surface area contributed by atoms with E-state index >= 15 is 0 Å². The van der Waals surface area contributed by atoms with Crippen molar-refractivity contribution in [2.24, 2.45) is 0 Å². The largest absolute Gasteiger partial charge is 0.480 e. The van der Waals surface area contributed by atoms with Gasteiger partial charge in [-0.1, -0.05) is 54.1 Å². The maximum Gasteiger partial charge on any atom is 0.329 e. The van der Waals surface area contributed by atoms with Crippen LogP contribution in [0.2, 0.25) is 5.02 Å². The van der Waals surface area contributed by atoms with Crippen LogP contribution in [0.5, 0.6) is 0 Å². The molecule has 2 rings (SSSR count). The first-order chi connectivity index (χ1) is 11.5.